The number of aromatic nitrogens is 2. The standard InChI is InChI=1S/C52H38N2/c1-33-12-10-13-38(30-33)54-48-21-9-6-16-42(48)45-32-36(25-29-50(45)54)35-24-28-49-44(31-35)41-15-5-8-20-47(41)53(49)37-26-22-34(23-27-37)39-17-11-18-43-40-14-4-7-19-46(40)52(2,3)51(39)43/h4-32H,1-3H3. The number of hydrogen-bond donors (Lipinski definition) is 0. The molecule has 10 aromatic rings. The van der Waals surface area contributed by atoms with Gasteiger partial charge < -0.3 is 9.13 Å². The van der Waals surface area contributed by atoms with Crippen molar-refractivity contribution in [3.63, 3.8) is 0 Å². The average Bonchev–Trinajstić information content (AvgIpc) is 3.81. The van der Waals surface area contributed by atoms with Gasteiger partial charge in [-0.3, -0.25) is 0 Å². The first-order chi connectivity index (χ1) is 26.5. The summed E-state index contributed by atoms with van der Waals surface area (Å²) in [6.07, 6.45) is 0. The lowest BCUT2D eigenvalue weighted by Crippen LogP contribution is -2.16. The topological polar surface area (TPSA) is 9.86 Å². The third-order valence-electron chi connectivity index (χ3n) is 12.0. The predicted octanol–water partition coefficient (Wildman–Crippen LogP) is 13.8. The van der Waals surface area contributed by atoms with Crippen LogP contribution in [0.15, 0.2) is 176 Å². The molecule has 1 aliphatic carbocycles. The molecular formula is C52H38N2. The highest BCUT2D eigenvalue weighted by atomic mass is 15.0. The fourth-order valence-electron chi connectivity index (χ4n) is 9.51. The fourth-order valence-corrected chi connectivity index (χ4v) is 9.51. The highest BCUT2D eigenvalue weighted by molar-refractivity contribution is 6.12. The number of nitrogens with zero attached hydrogens (tertiary/aromatic N) is 2. The van der Waals surface area contributed by atoms with E-state index in [1.165, 1.54) is 105 Å². The molecule has 0 fully saturated rings. The van der Waals surface area contributed by atoms with Gasteiger partial charge in [-0.1, -0.05) is 129 Å². The van der Waals surface area contributed by atoms with Crippen LogP contribution >= 0.6 is 0 Å². The van der Waals surface area contributed by atoms with E-state index < -0.39 is 0 Å². The lowest BCUT2D eigenvalue weighted by molar-refractivity contribution is 0.662. The summed E-state index contributed by atoms with van der Waals surface area (Å²) in [6.45, 7) is 6.89. The second-order valence-corrected chi connectivity index (χ2v) is 15.5. The molecule has 54 heavy (non-hydrogen) atoms. The van der Waals surface area contributed by atoms with E-state index in [1.54, 1.807) is 0 Å². The summed E-state index contributed by atoms with van der Waals surface area (Å²) >= 11 is 0. The Hall–Kier alpha value is -6.64. The molecule has 0 spiro atoms. The van der Waals surface area contributed by atoms with E-state index in [-0.39, 0.29) is 5.41 Å². The zero-order chi connectivity index (χ0) is 36.1. The second-order valence-electron chi connectivity index (χ2n) is 15.5. The molecule has 8 aromatic carbocycles. The molecule has 2 heterocycles. The van der Waals surface area contributed by atoms with Gasteiger partial charge in [0, 0.05) is 38.3 Å². The molecule has 0 saturated carbocycles. The van der Waals surface area contributed by atoms with Crippen molar-refractivity contribution in [1.29, 1.82) is 0 Å². The van der Waals surface area contributed by atoms with E-state index >= 15 is 0 Å². The molecule has 11 rings (SSSR count). The molecule has 0 N–H and O–H groups in total. The molecule has 0 amide bonds. The summed E-state index contributed by atoms with van der Waals surface area (Å²) < 4.78 is 4.82. The maximum Gasteiger partial charge on any atom is 0.0541 e. The number of para-hydroxylation sites is 2. The summed E-state index contributed by atoms with van der Waals surface area (Å²) in [5, 5.41) is 5.06. The van der Waals surface area contributed by atoms with Crippen molar-refractivity contribution in [3.8, 4) is 44.8 Å². The SMILES string of the molecule is Cc1cccc(-n2c3ccccc3c3cc(-c4ccc5c(c4)c4ccccc4n5-c4ccc(-c5cccc6c5C(C)(C)c5ccccc5-6)cc4)ccc32)c1. The lowest BCUT2D eigenvalue weighted by atomic mass is 9.79. The molecule has 2 nitrogen and oxygen atoms in total. The Labute approximate surface area is 315 Å². The molecule has 1 aliphatic rings. The molecule has 0 atom stereocenters. The van der Waals surface area contributed by atoms with Crippen LogP contribution in [-0.4, -0.2) is 9.13 Å². The first-order valence-corrected chi connectivity index (χ1v) is 18.9. The van der Waals surface area contributed by atoms with Crippen LogP contribution < -0.4 is 0 Å². The molecule has 2 heteroatoms. The molecule has 2 aromatic heterocycles. The first kappa shape index (κ1) is 30.9. The first-order valence-electron chi connectivity index (χ1n) is 18.9. The van der Waals surface area contributed by atoms with Crippen molar-refractivity contribution in [1.82, 2.24) is 9.13 Å². The normalized spacial score (nSPS) is 13.2. The van der Waals surface area contributed by atoms with Gasteiger partial charge >= 0.3 is 0 Å². The molecule has 0 unspecified atom stereocenters. The van der Waals surface area contributed by atoms with Crippen molar-refractivity contribution in [2.75, 3.05) is 0 Å². The van der Waals surface area contributed by atoms with Gasteiger partial charge in [0.25, 0.3) is 0 Å². The third kappa shape index (κ3) is 4.40. The van der Waals surface area contributed by atoms with Crippen LogP contribution in [-0.2, 0) is 5.41 Å². The van der Waals surface area contributed by atoms with Crippen LogP contribution in [0.1, 0.15) is 30.5 Å². The molecular weight excluding hydrogens is 653 g/mol. The van der Waals surface area contributed by atoms with Crippen LogP contribution in [0.3, 0.4) is 0 Å². The summed E-state index contributed by atoms with van der Waals surface area (Å²) in [6, 6.07) is 65.2. The van der Waals surface area contributed by atoms with Gasteiger partial charge in [0.2, 0.25) is 0 Å². The maximum absolute atomic E-state index is 2.42. The van der Waals surface area contributed by atoms with Gasteiger partial charge in [-0.2, -0.15) is 0 Å². The predicted molar refractivity (Wildman–Crippen MR) is 228 cm³/mol. The Bertz CT molecular complexity index is 3130. The second kappa shape index (κ2) is 11.4. The molecule has 0 aliphatic heterocycles. The van der Waals surface area contributed by atoms with Crippen molar-refractivity contribution in [3.05, 3.63) is 193 Å². The van der Waals surface area contributed by atoms with Crippen LogP contribution in [0.2, 0.25) is 0 Å². The van der Waals surface area contributed by atoms with Gasteiger partial charge in [-0.25, -0.2) is 0 Å². The minimum atomic E-state index is -0.0612. The Kier molecular flexibility index (Phi) is 6.55. The quantitative estimate of drug-likeness (QED) is 0.174. The van der Waals surface area contributed by atoms with E-state index in [9.17, 15) is 0 Å². The van der Waals surface area contributed by atoms with Crippen molar-refractivity contribution in [2.45, 2.75) is 26.2 Å². The Morgan fingerprint density at radius 2 is 0.889 bits per heavy atom. The summed E-state index contributed by atoms with van der Waals surface area (Å²) in [5.41, 5.74) is 19.0. The highest BCUT2D eigenvalue weighted by Crippen LogP contribution is 2.52. The van der Waals surface area contributed by atoms with Gasteiger partial charge in [-0.05, 0) is 118 Å². The molecule has 0 radical (unpaired) electrons. The summed E-state index contributed by atoms with van der Waals surface area (Å²) in [4.78, 5) is 0. The van der Waals surface area contributed by atoms with Crippen LogP contribution in [0, 0.1) is 6.92 Å². The van der Waals surface area contributed by atoms with E-state index in [2.05, 4.69) is 206 Å². The number of rotatable bonds is 4. The van der Waals surface area contributed by atoms with E-state index in [0.29, 0.717) is 0 Å². The molecule has 0 saturated heterocycles. The number of benzene rings is 8. The van der Waals surface area contributed by atoms with Crippen LogP contribution in [0.5, 0.6) is 0 Å². The molecule has 256 valence electrons. The van der Waals surface area contributed by atoms with E-state index in [1.807, 2.05) is 0 Å². The smallest absolute Gasteiger partial charge is 0.0541 e. The summed E-state index contributed by atoms with van der Waals surface area (Å²) in [7, 11) is 0. The maximum atomic E-state index is 2.42. The van der Waals surface area contributed by atoms with Crippen molar-refractivity contribution in [2.24, 2.45) is 0 Å². The van der Waals surface area contributed by atoms with Gasteiger partial charge in [0.05, 0.1) is 22.1 Å². The monoisotopic (exact) mass is 690 g/mol. The van der Waals surface area contributed by atoms with E-state index in [0.717, 1.165) is 0 Å². The highest BCUT2D eigenvalue weighted by Gasteiger charge is 2.37. The number of hydrogen-bond acceptors (Lipinski definition) is 0. The lowest BCUT2D eigenvalue weighted by Gasteiger charge is -2.24. The zero-order valence-electron chi connectivity index (χ0n) is 30.6. The summed E-state index contributed by atoms with van der Waals surface area (Å²) in [5.74, 6) is 0. The number of aryl methyl sites for hydroxylation is 1. The average molecular weight is 691 g/mol. The number of fused-ring (bicyclic) bond motifs is 9. The van der Waals surface area contributed by atoms with Crippen LogP contribution in [0.4, 0.5) is 0 Å². The fraction of sp³-hybridized carbons (Fsp3) is 0.0769. The van der Waals surface area contributed by atoms with Gasteiger partial charge in [0.1, 0.15) is 0 Å². The van der Waals surface area contributed by atoms with Crippen LogP contribution in [0.25, 0.3) is 88.4 Å². The largest absolute Gasteiger partial charge is 0.309 e. The van der Waals surface area contributed by atoms with Gasteiger partial charge in [-0.15, -0.1) is 0 Å². The third-order valence-corrected chi connectivity index (χ3v) is 12.0. The Morgan fingerprint density at radius 1 is 0.370 bits per heavy atom. The zero-order valence-corrected chi connectivity index (χ0v) is 30.6. The Balaban J connectivity index is 1.02. The van der Waals surface area contributed by atoms with E-state index in [4.69, 9.17) is 0 Å². The Morgan fingerprint density at radius 3 is 1.56 bits per heavy atom. The minimum absolute atomic E-state index is 0.0612. The molecule has 0 bridgehead atoms. The minimum Gasteiger partial charge on any atom is -0.309 e. The van der Waals surface area contributed by atoms with Crippen molar-refractivity contribution < 1.29 is 0 Å². The van der Waals surface area contributed by atoms with Gasteiger partial charge in [0.15, 0.2) is 0 Å². The van der Waals surface area contributed by atoms with Crippen molar-refractivity contribution >= 4 is 43.6 Å².